The van der Waals surface area contributed by atoms with E-state index in [1.807, 2.05) is 66.7 Å². The van der Waals surface area contributed by atoms with E-state index in [9.17, 15) is 5.11 Å². The minimum atomic E-state index is -0.610. The molecule has 3 aromatic carbocycles. The molecule has 1 N–H and O–H groups in total. The molecule has 28 heavy (non-hydrogen) atoms. The van der Waals surface area contributed by atoms with E-state index in [4.69, 9.17) is 4.74 Å². The Hall–Kier alpha value is -3.04. The van der Waals surface area contributed by atoms with E-state index in [0.717, 1.165) is 30.0 Å². The molecule has 0 amide bonds. The van der Waals surface area contributed by atoms with Gasteiger partial charge < -0.3 is 14.7 Å². The van der Waals surface area contributed by atoms with Crippen molar-refractivity contribution in [2.45, 2.75) is 19.1 Å². The summed E-state index contributed by atoms with van der Waals surface area (Å²) in [5.74, 6) is 0.802. The zero-order valence-corrected chi connectivity index (χ0v) is 16.1. The summed E-state index contributed by atoms with van der Waals surface area (Å²) < 4.78 is 5.91. The SMILES string of the molecule is C=CCc1ccccc1OCC(O)CN(Cc1ccccc1)c1ccccc1. The van der Waals surface area contributed by atoms with Crippen LogP contribution in [0.25, 0.3) is 0 Å². The largest absolute Gasteiger partial charge is 0.491 e. The maximum Gasteiger partial charge on any atom is 0.122 e. The van der Waals surface area contributed by atoms with Crippen molar-refractivity contribution in [3.8, 4) is 5.75 Å². The van der Waals surface area contributed by atoms with Crippen LogP contribution in [-0.4, -0.2) is 24.4 Å². The normalized spacial score (nSPS) is 11.6. The van der Waals surface area contributed by atoms with Gasteiger partial charge in [-0.1, -0.05) is 72.8 Å². The van der Waals surface area contributed by atoms with Gasteiger partial charge in [0.2, 0.25) is 0 Å². The first-order valence-corrected chi connectivity index (χ1v) is 9.60. The highest BCUT2D eigenvalue weighted by Gasteiger charge is 2.14. The fourth-order valence-corrected chi connectivity index (χ4v) is 3.17. The highest BCUT2D eigenvalue weighted by molar-refractivity contribution is 5.47. The second-order valence-corrected chi connectivity index (χ2v) is 6.77. The number of nitrogens with zero attached hydrogens (tertiary/aromatic N) is 1. The van der Waals surface area contributed by atoms with E-state index in [2.05, 4.69) is 35.7 Å². The molecule has 3 rings (SSSR count). The summed E-state index contributed by atoms with van der Waals surface area (Å²) in [5, 5.41) is 10.7. The maximum atomic E-state index is 10.7. The summed E-state index contributed by atoms with van der Waals surface area (Å²) >= 11 is 0. The summed E-state index contributed by atoms with van der Waals surface area (Å²) in [6, 6.07) is 28.3. The molecule has 0 bridgehead atoms. The lowest BCUT2D eigenvalue weighted by Gasteiger charge is -2.27. The fourth-order valence-electron chi connectivity index (χ4n) is 3.17. The van der Waals surface area contributed by atoms with Crippen LogP contribution in [0, 0.1) is 0 Å². The number of benzene rings is 3. The third kappa shape index (κ3) is 5.73. The lowest BCUT2D eigenvalue weighted by atomic mass is 10.1. The van der Waals surface area contributed by atoms with Gasteiger partial charge in [-0.25, -0.2) is 0 Å². The molecule has 3 aromatic rings. The standard InChI is InChI=1S/C25H27NO2/c1-2-11-22-14-9-10-17-25(22)28-20-24(27)19-26(23-15-7-4-8-16-23)18-21-12-5-3-6-13-21/h2-10,12-17,24,27H,1,11,18-20H2. The first kappa shape index (κ1) is 19.7. The number of hydrogen-bond acceptors (Lipinski definition) is 3. The molecule has 3 nitrogen and oxygen atoms in total. The molecular formula is C25H27NO2. The highest BCUT2D eigenvalue weighted by Crippen LogP contribution is 2.20. The lowest BCUT2D eigenvalue weighted by molar-refractivity contribution is 0.111. The average Bonchev–Trinajstić information content (AvgIpc) is 2.74. The second kappa shape index (κ2) is 10.3. The number of rotatable bonds is 10. The lowest BCUT2D eigenvalue weighted by Crippen LogP contribution is -2.35. The molecule has 0 aliphatic rings. The molecule has 1 unspecified atom stereocenters. The molecular weight excluding hydrogens is 346 g/mol. The van der Waals surface area contributed by atoms with E-state index in [-0.39, 0.29) is 6.61 Å². The smallest absolute Gasteiger partial charge is 0.122 e. The van der Waals surface area contributed by atoms with Gasteiger partial charge in [0, 0.05) is 18.8 Å². The van der Waals surface area contributed by atoms with Crippen LogP contribution in [0.1, 0.15) is 11.1 Å². The van der Waals surface area contributed by atoms with Gasteiger partial charge in [0.1, 0.15) is 18.5 Å². The van der Waals surface area contributed by atoms with E-state index in [1.54, 1.807) is 0 Å². The minimum Gasteiger partial charge on any atom is -0.491 e. The van der Waals surface area contributed by atoms with Crippen LogP contribution in [-0.2, 0) is 13.0 Å². The van der Waals surface area contributed by atoms with Crippen molar-refractivity contribution in [3.63, 3.8) is 0 Å². The van der Waals surface area contributed by atoms with Crippen LogP contribution in [0.4, 0.5) is 5.69 Å². The summed E-state index contributed by atoms with van der Waals surface area (Å²) in [6.07, 6.45) is 1.99. The van der Waals surface area contributed by atoms with Crippen molar-refractivity contribution < 1.29 is 9.84 Å². The molecule has 0 saturated carbocycles. The maximum absolute atomic E-state index is 10.7. The molecule has 1 atom stereocenters. The van der Waals surface area contributed by atoms with Crippen LogP contribution in [0.5, 0.6) is 5.75 Å². The van der Waals surface area contributed by atoms with Gasteiger partial charge in [-0.05, 0) is 35.7 Å². The van der Waals surface area contributed by atoms with E-state index >= 15 is 0 Å². The molecule has 0 spiro atoms. The molecule has 0 fully saturated rings. The minimum absolute atomic E-state index is 0.242. The summed E-state index contributed by atoms with van der Waals surface area (Å²) in [4.78, 5) is 2.18. The van der Waals surface area contributed by atoms with Crippen molar-refractivity contribution in [3.05, 3.63) is 109 Å². The Balaban J connectivity index is 1.66. The quantitative estimate of drug-likeness (QED) is 0.515. The third-order valence-corrected chi connectivity index (χ3v) is 4.54. The summed E-state index contributed by atoms with van der Waals surface area (Å²) in [7, 11) is 0. The predicted octanol–water partition coefficient (Wildman–Crippen LogP) is 4.86. The van der Waals surface area contributed by atoms with Crippen molar-refractivity contribution >= 4 is 5.69 Å². The molecule has 144 valence electrons. The van der Waals surface area contributed by atoms with Crippen LogP contribution in [0.3, 0.4) is 0 Å². The van der Waals surface area contributed by atoms with E-state index in [1.165, 1.54) is 5.56 Å². The first-order chi connectivity index (χ1) is 13.8. The Morgan fingerprint density at radius 2 is 1.54 bits per heavy atom. The average molecular weight is 373 g/mol. The summed E-state index contributed by atoms with van der Waals surface area (Å²) in [6.45, 7) is 5.26. The Morgan fingerprint density at radius 1 is 0.893 bits per heavy atom. The number of para-hydroxylation sites is 2. The van der Waals surface area contributed by atoms with Gasteiger partial charge >= 0.3 is 0 Å². The van der Waals surface area contributed by atoms with Crippen LogP contribution < -0.4 is 9.64 Å². The summed E-state index contributed by atoms with van der Waals surface area (Å²) in [5.41, 5.74) is 3.36. The Kier molecular flexibility index (Phi) is 7.28. The fraction of sp³-hybridized carbons (Fsp3) is 0.200. The first-order valence-electron chi connectivity index (χ1n) is 9.60. The number of ether oxygens (including phenoxy) is 1. The van der Waals surface area contributed by atoms with Crippen molar-refractivity contribution in [1.29, 1.82) is 0 Å². The topological polar surface area (TPSA) is 32.7 Å². The van der Waals surface area contributed by atoms with Crippen molar-refractivity contribution in [1.82, 2.24) is 0 Å². The van der Waals surface area contributed by atoms with Gasteiger partial charge in [0.15, 0.2) is 0 Å². The number of aliphatic hydroxyl groups excluding tert-OH is 1. The Labute approximate surface area is 167 Å². The van der Waals surface area contributed by atoms with E-state index in [0.29, 0.717) is 6.54 Å². The number of allylic oxidation sites excluding steroid dienone is 1. The monoisotopic (exact) mass is 373 g/mol. The van der Waals surface area contributed by atoms with Crippen molar-refractivity contribution in [2.24, 2.45) is 0 Å². The predicted molar refractivity (Wildman–Crippen MR) is 116 cm³/mol. The Morgan fingerprint density at radius 3 is 2.25 bits per heavy atom. The molecule has 0 aliphatic heterocycles. The Bertz CT molecular complexity index is 849. The number of anilines is 1. The van der Waals surface area contributed by atoms with Crippen LogP contribution >= 0.6 is 0 Å². The molecule has 0 saturated heterocycles. The van der Waals surface area contributed by atoms with Crippen LogP contribution in [0.2, 0.25) is 0 Å². The third-order valence-electron chi connectivity index (χ3n) is 4.54. The van der Waals surface area contributed by atoms with Gasteiger partial charge in [-0.3, -0.25) is 0 Å². The van der Waals surface area contributed by atoms with Gasteiger partial charge in [0.05, 0.1) is 0 Å². The second-order valence-electron chi connectivity index (χ2n) is 6.77. The number of aliphatic hydroxyl groups is 1. The van der Waals surface area contributed by atoms with Gasteiger partial charge in [-0.2, -0.15) is 0 Å². The highest BCUT2D eigenvalue weighted by atomic mass is 16.5. The molecule has 0 radical (unpaired) electrons. The zero-order valence-electron chi connectivity index (χ0n) is 16.1. The molecule has 0 heterocycles. The van der Waals surface area contributed by atoms with E-state index < -0.39 is 6.10 Å². The van der Waals surface area contributed by atoms with Crippen molar-refractivity contribution in [2.75, 3.05) is 18.1 Å². The zero-order chi connectivity index (χ0) is 19.6. The molecule has 3 heteroatoms. The number of hydrogen-bond donors (Lipinski definition) is 1. The van der Waals surface area contributed by atoms with Gasteiger partial charge in [-0.15, -0.1) is 6.58 Å². The van der Waals surface area contributed by atoms with Gasteiger partial charge in [0.25, 0.3) is 0 Å². The van der Waals surface area contributed by atoms with Crippen LogP contribution in [0.15, 0.2) is 97.6 Å². The molecule has 0 aliphatic carbocycles. The molecule has 0 aromatic heterocycles.